The molecular weight excluding hydrogens is 313 g/mol. The van der Waals surface area contributed by atoms with Crippen molar-refractivity contribution >= 4 is 40.6 Å². The van der Waals surface area contributed by atoms with E-state index in [0.29, 0.717) is 40.8 Å². The predicted octanol–water partition coefficient (Wildman–Crippen LogP) is 2.67. The number of pyridine rings is 1. The number of halogens is 2. The summed E-state index contributed by atoms with van der Waals surface area (Å²) < 4.78 is 0. The summed E-state index contributed by atoms with van der Waals surface area (Å²) in [7, 11) is 0. The molecule has 3 rings (SSSR count). The fourth-order valence-corrected chi connectivity index (χ4v) is 2.50. The number of nitrogens with one attached hydrogen (secondary N) is 3. The van der Waals surface area contributed by atoms with E-state index < -0.39 is 0 Å². The van der Waals surface area contributed by atoms with Crippen LogP contribution in [0.2, 0.25) is 10.2 Å². The summed E-state index contributed by atoms with van der Waals surface area (Å²) in [5.41, 5.74) is 4.35. The zero-order chi connectivity index (χ0) is 14.8. The Hall–Kier alpha value is -2.05. The van der Waals surface area contributed by atoms with Gasteiger partial charge in [0.1, 0.15) is 16.7 Å². The number of H-pyrrole nitrogens is 1. The molecule has 0 aliphatic carbocycles. The zero-order valence-electron chi connectivity index (χ0n) is 10.8. The lowest BCUT2D eigenvalue weighted by molar-refractivity contribution is 0.0952. The van der Waals surface area contributed by atoms with E-state index in [1.807, 2.05) is 12.1 Å². The third-order valence-electron chi connectivity index (χ3n) is 3.03. The lowest BCUT2D eigenvalue weighted by atomic mass is 10.1. The van der Waals surface area contributed by atoms with Crippen molar-refractivity contribution in [3.63, 3.8) is 0 Å². The maximum absolute atomic E-state index is 11.9. The van der Waals surface area contributed by atoms with E-state index >= 15 is 0 Å². The average molecular weight is 324 g/mol. The van der Waals surface area contributed by atoms with Gasteiger partial charge < -0.3 is 10.3 Å². The summed E-state index contributed by atoms with van der Waals surface area (Å²) in [6.07, 6.45) is 2.19. The average Bonchev–Trinajstić information content (AvgIpc) is 2.70. The van der Waals surface area contributed by atoms with Crippen LogP contribution in [0.25, 0.3) is 0 Å². The minimum atomic E-state index is -0.248. The van der Waals surface area contributed by atoms with Gasteiger partial charge in [-0.25, -0.2) is 4.98 Å². The standard InChI is InChI=1S/C13H11Cl2N5O/c14-10-9-7(19-20-8-3-1-2-5-16-8)4-6-17-13(21)11(9)18-12(10)15/h1-3,5,18H,4,6H2,(H,16,20)(H,17,21)/b19-7-. The minimum absolute atomic E-state index is 0.226. The first-order valence-electron chi connectivity index (χ1n) is 6.26. The molecule has 2 aromatic rings. The van der Waals surface area contributed by atoms with Crippen molar-refractivity contribution in [3.05, 3.63) is 45.8 Å². The van der Waals surface area contributed by atoms with E-state index in [4.69, 9.17) is 23.2 Å². The second kappa shape index (κ2) is 5.75. The molecule has 0 fully saturated rings. The van der Waals surface area contributed by atoms with E-state index in [2.05, 4.69) is 25.8 Å². The van der Waals surface area contributed by atoms with E-state index in [1.54, 1.807) is 12.3 Å². The Labute approximate surface area is 130 Å². The first-order valence-corrected chi connectivity index (χ1v) is 7.01. The third kappa shape index (κ3) is 2.72. The second-order valence-electron chi connectivity index (χ2n) is 4.39. The summed E-state index contributed by atoms with van der Waals surface area (Å²) in [6, 6.07) is 5.45. The van der Waals surface area contributed by atoms with Gasteiger partial charge in [-0.05, 0) is 12.1 Å². The monoisotopic (exact) mass is 323 g/mol. The highest BCUT2D eigenvalue weighted by atomic mass is 35.5. The maximum atomic E-state index is 11.9. The van der Waals surface area contributed by atoms with E-state index in [-0.39, 0.29) is 11.1 Å². The SMILES string of the molecule is O=C1NCC/C(=N/Nc2ccccn2)c2c1[nH]c(Cl)c2Cl. The van der Waals surface area contributed by atoms with Gasteiger partial charge >= 0.3 is 0 Å². The van der Waals surface area contributed by atoms with Crippen LogP contribution in [0.5, 0.6) is 0 Å². The van der Waals surface area contributed by atoms with Crippen LogP contribution in [0.1, 0.15) is 22.5 Å². The number of amides is 1. The van der Waals surface area contributed by atoms with Crippen molar-refractivity contribution in [2.75, 3.05) is 12.0 Å². The maximum Gasteiger partial charge on any atom is 0.268 e. The number of hydrogen-bond acceptors (Lipinski definition) is 4. The van der Waals surface area contributed by atoms with Crippen LogP contribution in [0.4, 0.5) is 5.82 Å². The van der Waals surface area contributed by atoms with E-state index in [1.165, 1.54) is 0 Å². The molecule has 2 aromatic heterocycles. The molecule has 0 saturated carbocycles. The number of hydrazone groups is 1. The lowest BCUT2D eigenvalue weighted by Crippen LogP contribution is -2.23. The number of carbonyl (C=O) groups excluding carboxylic acids is 1. The normalized spacial score (nSPS) is 16.3. The molecule has 1 aliphatic heterocycles. The Kier molecular flexibility index (Phi) is 3.81. The van der Waals surface area contributed by atoms with Gasteiger partial charge in [0.25, 0.3) is 5.91 Å². The summed E-state index contributed by atoms with van der Waals surface area (Å²) in [6.45, 7) is 0.470. The zero-order valence-corrected chi connectivity index (χ0v) is 12.3. The molecule has 1 amide bonds. The summed E-state index contributed by atoms with van der Waals surface area (Å²) in [4.78, 5) is 18.8. The number of anilines is 1. The van der Waals surface area contributed by atoms with Crippen molar-refractivity contribution in [2.24, 2.45) is 5.10 Å². The molecule has 108 valence electrons. The molecule has 3 heterocycles. The number of aromatic amines is 1. The quantitative estimate of drug-likeness (QED) is 0.743. The molecule has 8 heteroatoms. The predicted molar refractivity (Wildman–Crippen MR) is 82.2 cm³/mol. The lowest BCUT2D eigenvalue weighted by Gasteiger charge is -2.04. The van der Waals surface area contributed by atoms with Gasteiger partial charge in [-0.1, -0.05) is 29.3 Å². The topological polar surface area (TPSA) is 82.2 Å². The minimum Gasteiger partial charge on any atom is -0.350 e. The molecule has 0 atom stereocenters. The molecule has 3 N–H and O–H groups in total. The Balaban J connectivity index is 1.99. The third-order valence-corrected chi connectivity index (χ3v) is 3.79. The highest BCUT2D eigenvalue weighted by molar-refractivity contribution is 6.44. The molecule has 1 aliphatic rings. The summed E-state index contributed by atoms with van der Waals surface area (Å²) >= 11 is 12.1. The molecule has 0 bridgehead atoms. The van der Waals surface area contributed by atoms with Gasteiger partial charge in [-0.3, -0.25) is 10.2 Å². The van der Waals surface area contributed by atoms with Gasteiger partial charge in [0.2, 0.25) is 0 Å². The number of carbonyl (C=O) groups is 1. The summed E-state index contributed by atoms with van der Waals surface area (Å²) in [5.74, 6) is 0.356. The number of nitrogens with zero attached hydrogens (tertiary/aromatic N) is 2. The fraction of sp³-hybridized carbons (Fsp3) is 0.154. The fourth-order valence-electron chi connectivity index (χ4n) is 2.06. The molecule has 0 spiro atoms. The Morgan fingerprint density at radius 3 is 2.95 bits per heavy atom. The second-order valence-corrected chi connectivity index (χ2v) is 5.15. The first-order chi connectivity index (χ1) is 10.2. The number of hydrogen-bond donors (Lipinski definition) is 3. The van der Waals surface area contributed by atoms with Crippen LogP contribution in [-0.2, 0) is 0 Å². The Morgan fingerprint density at radius 2 is 2.19 bits per heavy atom. The van der Waals surface area contributed by atoms with Crippen LogP contribution >= 0.6 is 23.2 Å². The Bertz CT molecular complexity index is 711. The number of rotatable bonds is 2. The van der Waals surface area contributed by atoms with Crippen LogP contribution in [-0.4, -0.2) is 28.1 Å². The van der Waals surface area contributed by atoms with E-state index in [9.17, 15) is 4.79 Å². The molecule has 0 unspecified atom stereocenters. The van der Waals surface area contributed by atoms with Gasteiger partial charge in [-0.2, -0.15) is 5.10 Å². The van der Waals surface area contributed by atoms with Crippen molar-refractivity contribution in [3.8, 4) is 0 Å². The van der Waals surface area contributed by atoms with Crippen LogP contribution in [0.15, 0.2) is 29.5 Å². The van der Waals surface area contributed by atoms with Crippen LogP contribution in [0.3, 0.4) is 0 Å². The van der Waals surface area contributed by atoms with E-state index in [0.717, 1.165) is 0 Å². The first kappa shape index (κ1) is 13.9. The number of aromatic nitrogens is 2. The summed E-state index contributed by atoms with van der Waals surface area (Å²) in [5, 5.41) is 7.59. The van der Waals surface area contributed by atoms with Crippen molar-refractivity contribution in [1.29, 1.82) is 0 Å². The molecule has 0 radical (unpaired) electrons. The van der Waals surface area contributed by atoms with Gasteiger partial charge in [0.05, 0.1) is 10.7 Å². The molecule has 21 heavy (non-hydrogen) atoms. The molecule has 0 saturated heterocycles. The van der Waals surface area contributed by atoms with Gasteiger partial charge in [0, 0.05) is 24.7 Å². The molecular formula is C13H11Cl2N5O. The smallest absolute Gasteiger partial charge is 0.268 e. The van der Waals surface area contributed by atoms with Crippen LogP contribution in [0, 0.1) is 0 Å². The number of fused-ring (bicyclic) bond motifs is 1. The van der Waals surface area contributed by atoms with Crippen molar-refractivity contribution < 1.29 is 4.79 Å². The van der Waals surface area contributed by atoms with Gasteiger partial charge in [0.15, 0.2) is 0 Å². The highest BCUT2D eigenvalue weighted by Crippen LogP contribution is 2.31. The largest absolute Gasteiger partial charge is 0.350 e. The highest BCUT2D eigenvalue weighted by Gasteiger charge is 2.26. The van der Waals surface area contributed by atoms with Gasteiger partial charge in [-0.15, -0.1) is 0 Å². The molecule has 0 aromatic carbocycles. The molecule has 6 nitrogen and oxygen atoms in total. The Morgan fingerprint density at radius 1 is 1.33 bits per heavy atom. The van der Waals surface area contributed by atoms with Crippen LogP contribution < -0.4 is 10.7 Å². The van der Waals surface area contributed by atoms with Crippen molar-refractivity contribution in [1.82, 2.24) is 15.3 Å². The van der Waals surface area contributed by atoms with Crippen molar-refractivity contribution in [2.45, 2.75) is 6.42 Å².